The summed E-state index contributed by atoms with van der Waals surface area (Å²) in [5.41, 5.74) is -1.12. The van der Waals surface area contributed by atoms with Crippen molar-refractivity contribution in [1.29, 1.82) is 0 Å². The van der Waals surface area contributed by atoms with E-state index in [2.05, 4.69) is 95.7 Å². The largest absolute Gasteiger partial charge is 0.743 e. The summed E-state index contributed by atoms with van der Waals surface area (Å²) >= 11 is 5.21. The van der Waals surface area contributed by atoms with Crippen molar-refractivity contribution in [2.75, 3.05) is 13.2 Å². The highest BCUT2D eigenvalue weighted by Crippen LogP contribution is 2.61. The zero-order chi connectivity index (χ0) is 46.8. The molecule has 65 heavy (non-hydrogen) atoms. The molecular weight excluding hydrogens is 919 g/mol. The molecule has 0 saturated heterocycles. The Balaban J connectivity index is 0.000000152. The molecule has 3 aromatic carbocycles. The summed E-state index contributed by atoms with van der Waals surface area (Å²) in [4.78, 5) is 51.0. The molecule has 11 rings (SSSR count). The Morgan fingerprint density at radius 2 is 0.908 bits per heavy atom. The van der Waals surface area contributed by atoms with Gasteiger partial charge in [0, 0.05) is 0 Å². The molecule has 10 nitrogen and oxygen atoms in total. The smallest absolute Gasteiger partial charge is 0.432 e. The minimum Gasteiger partial charge on any atom is -0.743 e. The minimum atomic E-state index is -6.78. The molecule has 0 amide bonds. The zero-order valence-corrected chi connectivity index (χ0v) is 37.7. The number of halogens is 6. The highest BCUT2D eigenvalue weighted by atomic mass is 35.5. The molecule has 1 unspecified atom stereocenters. The van der Waals surface area contributed by atoms with Crippen LogP contribution in [0.25, 0.3) is 0 Å². The molecular formula is C47H50ClF5O10S2. The molecule has 0 aromatic heterocycles. The number of rotatable bonds is 12. The summed E-state index contributed by atoms with van der Waals surface area (Å²) < 4.78 is 110. The number of benzene rings is 3. The number of carbonyl (C=O) groups is 4. The van der Waals surface area contributed by atoms with Gasteiger partial charge in [0.25, 0.3) is 11.3 Å². The lowest BCUT2D eigenvalue weighted by Gasteiger charge is -2.55. The van der Waals surface area contributed by atoms with Crippen molar-refractivity contribution in [2.45, 2.75) is 109 Å². The Labute approximate surface area is 382 Å². The molecule has 0 aliphatic heterocycles. The van der Waals surface area contributed by atoms with Gasteiger partial charge in [-0.1, -0.05) is 54.6 Å². The van der Waals surface area contributed by atoms with Crippen molar-refractivity contribution in [3.05, 3.63) is 91.0 Å². The lowest BCUT2D eigenvalue weighted by molar-refractivity contribution is -0.260. The van der Waals surface area contributed by atoms with E-state index in [1.165, 1.54) is 33.9 Å². The summed E-state index contributed by atoms with van der Waals surface area (Å²) in [6, 6.07) is 32.2. The SMILES string of the molecule is O=C(COC(=O)C12CC3CC(CC(C3)C1)C2)OC(C(F)(F)F)C(F)(F)S(=O)(=O)[O-].O=C(Cl)COC(=O)C12CC3CC(CC(C3)C1)C2.c1ccc([S+](c2ccccc2)c2ccccc2)cc1. The monoisotopic (exact) mass is 968 g/mol. The van der Waals surface area contributed by atoms with E-state index < -0.39 is 56.9 Å². The van der Waals surface area contributed by atoms with Gasteiger partial charge in [0.1, 0.15) is 0 Å². The summed E-state index contributed by atoms with van der Waals surface area (Å²) in [6.07, 6.45) is 0.783. The fraction of sp³-hybridized carbons (Fsp3) is 0.532. The van der Waals surface area contributed by atoms with Crippen LogP contribution in [-0.4, -0.2) is 66.9 Å². The van der Waals surface area contributed by atoms with Crippen LogP contribution in [0.2, 0.25) is 0 Å². The molecule has 352 valence electrons. The minimum absolute atomic E-state index is 0.0146. The van der Waals surface area contributed by atoms with Crippen molar-refractivity contribution in [2.24, 2.45) is 46.3 Å². The Morgan fingerprint density at radius 1 is 0.600 bits per heavy atom. The van der Waals surface area contributed by atoms with Crippen LogP contribution in [0.5, 0.6) is 0 Å². The van der Waals surface area contributed by atoms with E-state index in [0.717, 1.165) is 38.5 Å². The summed E-state index contributed by atoms with van der Waals surface area (Å²) in [5.74, 6) is 0.102. The van der Waals surface area contributed by atoms with Crippen LogP contribution in [0.3, 0.4) is 0 Å². The lowest BCUT2D eigenvalue weighted by atomic mass is 9.49. The molecule has 8 fully saturated rings. The third kappa shape index (κ3) is 11.4. The molecule has 18 heteroatoms. The van der Waals surface area contributed by atoms with Gasteiger partial charge in [-0.25, -0.2) is 13.2 Å². The summed E-state index contributed by atoms with van der Waals surface area (Å²) in [5, 5.41) is -6.53. The molecule has 0 N–H and O–H groups in total. The predicted octanol–water partition coefficient (Wildman–Crippen LogP) is 9.65. The van der Waals surface area contributed by atoms with Crippen LogP contribution in [0.15, 0.2) is 106 Å². The molecule has 3 aromatic rings. The van der Waals surface area contributed by atoms with E-state index in [9.17, 15) is 54.1 Å². The topological polar surface area (TPSA) is 153 Å². The third-order valence-electron chi connectivity index (χ3n) is 13.7. The van der Waals surface area contributed by atoms with Crippen molar-refractivity contribution in [1.82, 2.24) is 0 Å². The van der Waals surface area contributed by atoms with E-state index in [4.69, 9.17) is 21.1 Å². The van der Waals surface area contributed by atoms with Gasteiger partial charge in [-0.05, 0) is 161 Å². The van der Waals surface area contributed by atoms with Crippen molar-refractivity contribution < 1.29 is 68.3 Å². The van der Waals surface area contributed by atoms with Crippen molar-refractivity contribution in [3.63, 3.8) is 0 Å². The molecule has 1 atom stereocenters. The Bertz CT molecular complexity index is 2120. The number of carbonyl (C=O) groups excluding carboxylic acids is 4. The van der Waals surface area contributed by atoms with Gasteiger partial charge in [0.2, 0.25) is 0 Å². The fourth-order valence-electron chi connectivity index (χ4n) is 12.0. The Hall–Kier alpha value is -4.06. The van der Waals surface area contributed by atoms with Crippen LogP contribution < -0.4 is 0 Å². The molecule has 0 radical (unpaired) electrons. The highest BCUT2D eigenvalue weighted by Gasteiger charge is 2.63. The van der Waals surface area contributed by atoms with E-state index in [-0.39, 0.29) is 28.9 Å². The Kier molecular flexibility index (Phi) is 14.8. The van der Waals surface area contributed by atoms with Crippen LogP contribution in [0.4, 0.5) is 22.0 Å². The first kappa shape index (κ1) is 48.9. The second-order valence-electron chi connectivity index (χ2n) is 18.6. The quantitative estimate of drug-likeness (QED) is 0.0428. The van der Waals surface area contributed by atoms with E-state index in [0.29, 0.717) is 54.8 Å². The molecule has 8 saturated carbocycles. The average Bonchev–Trinajstić information content (AvgIpc) is 3.24. The summed E-state index contributed by atoms with van der Waals surface area (Å²) in [6.45, 7) is -1.68. The third-order valence-corrected chi connectivity index (χ3v) is 16.9. The van der Waals surface area contributed by atoms with Crippen LogP contribution in [-0.2, 0) is 54.4 Å². The van der Waals surface area contributed by atoms with Gasteiger partial charge in [-0.15, -0.1) is 0 Å². The van der Waals surface area contributed by atoms with Gasteiger partial charge in [0.15, 0.2) is 38.0 Å². The second-order valence-corrected chi connectivity index (χ2v) is 22.5. The maximum atomic E-state index is 13.3. The van der Waals surface area contributed by atoms with Crippen LogP contribution in [0, 0.1) is 46.3 Å². The molecule has 8 aliphatic rings. The van der Waals surface area contributed by atoms with Crippen molar-refractivity contribution in [3.8, 4) is 0 Å². The first-order valence-electron chi connectivity index (χ1n) is 21.7. The maximum absolute atomic E-state index is 13.3. The van der Waals surface area contributed by atoms with E-state index in [1.807, 2.05) is 0 Å². The number of hydrogen-bond donors (Lipinski definition) is 0. The summed E-state index contributed by atoms with van der Waals surface area (Å²) in [7, 11) is -6.80. The van der Waals surface area contributed by atoms with E-state index in [1.54, 1.807) is 0 Å². The lowest BCUT2D eigenvalue weighted by Crippen LogP contribution is -2.53. The maximum Gasteiger partial charge on any atom is 0.432 e. The predicted molar refractivity (Wildman–Crippen MR) is 226 cm³/mol. The average molecular weight is 969 g/mol. The number of esters is 3. The van der Waals surface area contributed by atoms with Gasteiger partial charge >= 0.3 is 29.3 Å². The zero-order valence-electron chi connectivity index (χ0n) is 35.3. The number of hydrogen-bond acceptors (Lipinski definition) is 10. The second kappa shape index (κ2) is 19.7. The van der Waals surface area contributed by atoms with Gasteiger partial charge < -0.3 is 18.8 Å². The highest BCUT2D eigenvalue weighted by molar-refractivity contribution is 7.97. The van der Waals surface area contributed by atoms with Crippen LogP contribution >= 0.6 is 11.6 Å². The molecule has 8 bridgehead atoms. The van der Waals surface area contributed by atoms with Gasteiger partial charge in [-0.2, -0.15) is 22.0 Å². The first-order valence-corrected chi connectivity index (χ1v) is 24.7. The normalized spacial score (nSPS) is 28.8. The molecule has 8 aliphatic carbocycles. The molecule has 0 heterocycles. The van der Waals surface area contributed by atoms with E-state index >= 15 is 0 Å². The van der Waals surface area contributed by atoms with Gasteiger partial charge in [-0.3, -0.25) is 14.4 Å². The molecule has 0 spiro atoms. The standard InChI is InChI=1S/C18H15S.C16H19F5O7S.C13H17ClO3/c1-4-10-16(11-5-1)19(17-12-6-2-7-13-17)18-14-8-3-9-15-18;17-15(18,19)12(16(20,21)29(24,25)26)28-11(22)7-27-13(23)14-4-8-1-9(5-14)3-10(2-8)6-14;14-11(15)7-17-12(16)13-4-8-1-9(5-13)3-10(2-8)6-13/h1-15H;8-10,12H,1-7H2,(H,24,25,26);8-10H,1-7H2/q+1;;/p-1. The van der Waals surface area contributed by atoms with Crippen LogP contribution in [0.1, 0.15) is 77.0 Å². The Morgan fingerprint density at radius 3 is 1.18 bits per heavy atom. The van der Waals surface area contributed by atoms with Gasteiger partial charge in [0.05, 0.1) is 21.7 Å². The van der Waals surface area contributed by atoms with Crippen molar-refractivity contribution >= 4 is 55.8 Å². The first-order chi connectivity index (χ1) is 30.7. The number of ether oxygens (including phenoxy) is 3. The number of alkyl halides is 5. The fourth-order valence-corrected chi connectivity index (χ4v) is 14.6.